The number of rotatable bonds is 7. The zero-order chi connectivity index (χ0) is 18.3. The van der Waals surface area contributed by atoms with Crippen molar-refractivity contribution in [1.29, 1.82) is 0 Å². The Hall–Kier alpha value is -2.64. The van der Waals surface area contributed by atoms with Gasteiger partial charge >= 0.3 is 0 Å². The van der Waals surface area contributed by atoms with Gasteiger partial charge in [-0.05, 0) is 49.8 Å². The van der Waals surface area contributed by atoms with Crippen molar-refractivity contribution in [3.63, 3.8) is 0 Å². The van der Waals surface area contributed by atoms with E-state index in [0.29, 0.717) is 11.3 Å². The molecule has 0 saturated carbocycles. The largest absolute Gasteiger partial charge is 0.491 e. The minimum Gasteiger partial charge on any atom is -0.491 e. The van der Waals surface area contributed by atoms with Gasteiger partial charge in [0.05, 0.1) is 6.10 Å². The molecule has 132 valence electrons. The molecule has 0 aliphatic rings. The van der Waals surface area contributed by atoms with Crippen LogP contribution in [0.1, 0.15) is 29.8 Å². The number of sulfonamides is 1. The van der Waals surface area contributed by atoms with E-state index in [-0.39, 0.29) is 6.10 Å². The first-order chi connectivity index (χ1) is 11.9. The van der Waals surface area contributed by atoms with Gasteiger partial charge in [0.2, 0.25) is 0 Å². The molecule has 2 rings (SSSR count). The minimum absolute atomic E-state index is 0.0305. The number of carbonyl (C=O) groups excluding carboxylic acids is 1. The Kier molecular flexibility index (Phi) is 6.32. The molecule has 0 bridgehead atoms. The van der Waals surface area contributed by atoms with Gasteiger partial charge < -0.3 is 4.74 Å². The van der Waals surface area contributed by atoms with Crippen molar-refractivity contribution in [2.24, 2.45) is 0 Å². The van der Waals surface area contributed by atoms with Crippen LogP contribution in [0.5, 0.6) is 5.75 Å². The minimum atomic E-state index is -3.79. The van der Waals surface area contributed by atoms with E-state index < -0.39 is 15.9 Å². The zero-order valence-corrected chi connectivity index (χ0v) is 14.8. The Morgan fingerprint density at radius 2 is 1.68 bits per heavy atom. The maximum absolute atomic E-state index is 12.0. The van der Waals surface area contributed by atoms with Crippen LogP contribution in [0.15, 0.2) is 60.0 Å². The fraction of sp³-hybridized carbons (Fsp3) is 0.167. The van der Waals surface area contributed by atoms with Gasteiger partial charge in [-0.25, -0.2) is 8.42 Å². The molecular formula is C18H20N2O4S. The summed E-state index contributed by atoms with van der Waals surface area (Å²) in [5, 5.41) is 0.988. The maximum atomic E-state index is 12.0. The van der Waals surface area contributed by atoms with Crippen molar-refractivity contribution >= 4 is 22.0 Å². The number of hydrogen-bond acceptors (Lipinski definition) is 4. The first-order valence-electron chi connectivity index (χ1n) is 7.68. The summed E-state index contributed by atoms with van der Waals surface area (Å²) in [6.45, 7) is 3.80. The average Bonchev–Trinajstić information content (AvgIpc) is 2.59. The second kappa shape index (κ2) is 8.46. The zero-order valence-electron chi connectivity index (χ0n) is 14.0. The van der Waals surface area contributed by atoms with Crippen LogP contribution in [0.25, 0.3) is 6.08 Å². The van der Waals surface area contributed by atoms with Crippen LogP contribution in [-0.4, -0.2) is 20.4 Å². The molecule has 2 N–H and O–H groups in total. The highest BCUT2D eigenvalue weighted by molar-refractivity contribution is 7.92. The molecule has 0 spiro atoms. The van der Waals surface area contributed by atoms with Crippen LogP contribution in [0.2, 0.25) is 0 Å². The second-order valence-corrected chi connectivity index (χ2v) is 7.07. The Morgan fingerprint density at radius 1 is 1.04 bits per heavy atom. The van der Waals surface area contributed by atoms with Crippen LogP contribution >= 0.6 is 0 Å². The lowest BCUT2D eigenvalue weighted by molar-refractivity contribution is 0.0945. The third kappa shape index (κ3) is 6.40. The van der Waals surface area contributed by atoms with Crippen molar-refractivity contribution < 1.29 is 17.9 Å². The summed E-state index contributed by atoms with van der Waals surface area (Å²) in [6.07, 6.45) is 1.47. The smallest absolute Gasteiger partial charge is 0.266 e. The average molecular weight is 360 g/mol. The van der Waals surface area contributed by atoms with E-state index in [0.717, 1.165) is 11.0 Å². The Labute approximate surface area is 147 Å². The highest BCUT2D eigenvalue weighted by Gasteiger charge is 2.10. The number of ether oxygens (including phenoxy) is 1. The molecule has 0 fully saturated rings. The van der Waals surface area contributed by atoms with Crippen LogP contribution < -0.4 is 15.0 Å². The van der Waals surface area contributed by atoms with E-state index in [1.165, 1.54) is 6.08 Å². The van der Waals surface area contributed by atoms with Gasteiger partial charge in [-0.2, -0.15) is 0 Å². The van der Waals surface area contributed by atoms with Gasteiger partial charge in [0.25, 0.3) is 15.9 Å². The van der Waals surface area contributed by atoms with E-state index in [1.807, 2.05) is 24.7 Å². The summed E-state index contributed by atoms with van der Waals surface area (Å²) in [4.78, 5) is 14.0. The summed E-state index contributed by atoms with van der Waals surface area (Å²) >= 11 is 0. The third-order valence-electron chi connectivity index (χ3n) is 3.03. The number of hydrazine groups is 1. The fourth-order valence-corrected chi connectivity index (χ4v) is 2.55. The van der Waals surface area contributed by atoms with Gasteiger partial charge in [-0.3, -0.25) is 10.2 Å². The molecule has 0 radical (unpaired) electrons. The van der Waals surface area contributed by atoms with E-state index in [2.05, 4.69) is 5.43 Å². The Morgan fingerprint density at radius 3 is 2.28 bits per heavy atom. The SMILES string of the molecule is CC(C)Oc1ccc(C(=O)NNS(=O)(=O)C=Cc2ccccc2)cc1. The highest BCUT2D eigenvalue weighted by Crippen LogP contribution is 2.13. The fourth-order valence-electron chi connectivity index (χ4n) is 1.91. The van der Waals surface area contributed by atoms with Gasteiger partial charge in [0.1, 0.15) is 5.75 Å². The normalized spacial score (nSPS) is 11.6. The van der Waals surface area contributed by atoms with Crippen molar-refractivity contribution in [2.75, 3.05) is 0 Å². The molecule has 1 amide bonds. The molecule has 25 heavy (non-hydrogen) atoms. The Bertz CT molecular complexity index is 829. The third-order valence-corrected chi connectivity index (χ3v) is 3.92. The monoisotopic (exact) mass is 360 g/mol. The molecule has 0 heterocycles. The number of hydrogen-bond donors (Lipinski definition) is 2. The van der Waals surface area contributed by atoms with Crippen molar-refractivity contribution in [1.82, 2.24) is 10.3 Å². The summed E-state index contributed by atoms with van der Waals surface area (Å²) in [5.41, 5.74) is 3.21. The molecule has 0 aliphatic heterocycles. The number of nitrogens with one attached hydrogen (secondary N) is 2. The summed E-state index contributed by atoms with van der Waals surface area (Å²) in [5.74, 6) is 0.0747. The first kappa shape index (κ1) is 18.7. The molecule has 0 aliphatic carbocycles. The number of benzene rings is 2. The lowest BCUT2D eigenvalue weighted by Gasteiger charge is -2.10. The van der Waals surface area contributed by atoms with Crippen molar-refractivity contribution in [3.05, 3.63) is 71.1 Å². The number of carbonyl (C=O) groups is 1. The summed E-state index contributed by atoms with van der Waals surface area (Å²) < 4.78 is 29.2. The van der Waals surface area contributed by atoms with E-state index in [4.69, 9.17) is 4.74 Å². The van der Waals surface area contributed by atoms with E-state index in [1.54, 1.807) is 48.5 Å². The molecule has 2 aromatic carbocycles. The molecule has 7 heteroatoms. The topological polar surface area (TPSA) is 84.5 Å². The van der Waals surface area contributed by atoms with E-state index in [9.17, 15) is 13.2 Å². The van der Waals surface area contributed by atoms with E-state index >= 15 is 0 Å². The number of amides is 1. The van der Waals surface area contributed by atoms with Crippen molar-refractivity contribution in [2.45, 2.75) is 20.0 Å². The molecule has 0 unspecified atom stereocenters. The van der Waals surface area contributed by atoms with Crippen molar-refractivity contribution in [3.8, 4) is 5.75 Å². The predicted molar refractivity (Wildman–Crippen MR) is 97.2 cm³/mol. The predicted octanol–water partition coefficient (Wildman–Crippen LogP) is 2.71. The lowest BCUT2D eigenvalue weighted by Crippen LogP contribution is -2.40. The maximum Gasteiger partial charge on any atom is 0.266 e. The van der Waals surface area contributed by atoms with Crippen LogP contribution in [0.3, 0.4) is 0 Å². The van der Waals surface area contributed by atoms with Crippen LogP contribution in [0.4, 0.5) is 0 Å². The standard InChI is InChI=1S/C18H20N2O4S/c1-14(2)24-17-10-8-16(9-11-17)18(21)19-20-25(22,23)13-12-15-6-4-3-5-7-15/h3-14,20H,1-2H3,(H,19,21). The summed E-state index contributed by atoms with van der Waals surface area (Å²) in [6, 6.07) is 15.4. The van der Waals surface area contributed by atoms with Gasteiger partial charge in [-0.1, -0.05) is 30.3 Å². The summed E-state index contributed by atoms with van der Waals surface area (Å²) in [7, 11) is -3.79. The van der Waals surface area contributed by atoms with Gasteiger partial charge in [0.15, 0.2) is 0 Å². The highest BCUT2D eigenvalue weighted by atomic mass is 32.2. The first-order valence-corrected chi connectivity index (χ1v) is 9.22. The quantitative estimate of drug-likeness (QED) is 0.744. The van der Waals surface area contributed by atoms with Gasteiger partial charge in [-0.15, -0.1) is 4.83 Å². The molecule has 0 aromatic heterocycles. The molecule has 2 aromatic rings. The lowest BCUT2D eigenvalue weighted by atomic mass is 10.2. The molecule has 0 atom stereocenters. The second-order valence-electron chi connectivity index (χ2n) is 5.51. The molecular weight excluding hydrogens is 340 g/mol. The van der Waals surface area contributed by atoms with Gasteiger partial charge in [0, 0.05) is 11.0 Å². The molecule has 6 nitrogen and oxygen atoms in total. The van der Waals surface area contributed by atoms with Crippen LogP contribution in [0, 0.1) is 0 Å². The van der Waals surface area contributed by atoms with Crippen LogP contribution in [-0.2, 0) is 10.0 Å². The molecule has 0 saturated heterocycles. The Balaban J connectivity index is 1.93.